The maximum Gasteiger partial charge on any atom is 0.137 e. The van der Waals surface area contributed by atoms with Crippen LogP contribution < -0.4 is 10.6 Å². The molecule has 7 aromatic carbocycles. The Morgan fingerprint density at radius 3 is 2.05 bits per heavy atom. The van der Waals surface area contributed by atoms with Gasteiger partial charge in [0.15, 0.2) is 0 Å². The Morgan fingerprint density at radius 1 is 0.607 bits per heavy atom. The molecule has 1 aromatic heterocycles. The number of furan rings is 1. The average Bonchev–Trinajstić information content (AvgIpc) is 3.71. The van der Waals surface area contributed by atoms with Crippen molar-refractivity contribution in [1.82, 2.24) is 0 Å². The highest BCUT2D eigenvalue weighted by Gasteiger charge is 2.35. The van der Waals surface area contributed by atoms with Crippen molar-refractivity contribution in [2.24, 2.45) is 0 Å². The third-order valence-electron chi connectivity index (χ3n) is 11.6. The second-order valence-corrected chi connectivity index (χ2v) is 16.5. The molecular formula is C52H42N2OS. The third-order valence-corrected chi connectivity index (χ3v) is 12.7. The summed E-state index contributed by atoms with van der Waals surface area (Å²) in [5.74, 6) is 0.865. The van der Waals surface area contributed by atoms with Crippen molar-refractivity contribution in [2.45, 2.75) is 42.8 Å². The molecular weight excluding hydrogens is 701 g/mol. The SMILES string of the molecule is CC1(C)c2ccccc2-c2cc(N(c3ccc(C4=CCCC=C4)cc3)c3ccc(-c4ccc5c(c4)oc4cc(N)c(SCc6ccccc6)cc45)cc3)ccc21. The zero-order valence-electron chi connectivity index (χ0n) is 31.6. The fraction of sp³-hybridized carbons (Fsp3) is 0.115. The van der Waals surface area contributed by atoms with Gasteiger partial charge in [-0.1, -0.05) is 123 Å². The van der Waals surface area contributed by atoms with Gasteiger partial charge in [-0.2, -0.15) is 0 Å². The molecule has 3 nitrogen and oxygen atoms in total. The molecule has 8 aromatic rings. The van der Waals surface area contributed by atoms with Gasteiger partial charge < -0.3 is 15.1 Å². The van der Waals surface area contributed by atoms with Crippen LogP contribution in [0.5, 0.6) is 0 Å². The Balaban J connectivity index is 0.998. The maximum absolute atomic E-state index is 6.53. The molecule has 0 spiro atoms. The van der Waals surface area contributed by atoms with Crippen LogP contribution in [0.2, 0.25) is 0 Å². The van der Waals surface area contributed by atoms with E-state index in [2.05, 4.69) is 177 Å². The van der Waals surface area contributed by atoms with Crippen LogP contribution in [0.25, 0.3) is 49.8 Å². The predicted octanol–water partition coefficient (Wildman–Crippen LogP) is 14.6. The van der Waals surface area contributed by atoms with E-state index in [4.69, 9.17) is 10.2 Å². The minimum Gasteiger partial charge on any atom is -0.456 e. The minimum absolute atomic E-state index is 0.0447. The molecule has 0 amide bonds. The minimum atomic E-state index is -0.0447. The first-order chi connectivity index (χ1) is 27.4. The summed E-state index contributed by atoms with van der Waals surface area (Å²) in [7, 11) is 0. The van der Waals surface area contributed by atoms with Gasteiger partial charge in [0.05, 0.1) is 0 Å². The molecule has 56 heavy (non-hydrogen) atoms. The highest BCUT2D eigenvalue weighted by Crippen LogP contribution is 2.50. The number of anilines is 4. The van der Waals surface area contributed by atoms with Crippen LogP contribution in [-0.2, 0) is 11.2 Å². The molecule has 0 saturated heterocycles. The molecule has 0 aliphatic heterocycles. The lowest BCUT2D eigenvalue weighted by Gasteiger charge is -2.27. The smallest absolute Gasteiger partial charge is 0.137 e. The van der Waals surface area contributed by atoms with Crippen LogP contribution in [0, 0.1) is 0 Å². The molecule has 272 valence electrons. The summed E-state index contributed by atoms with van der Waals surface area (Å²) in [4.78, 5) is 3.45. The Hall–Kier alpha value is -6.23. The van der Waals surface area contributed by atoms with Gasteiger partial charge in [-0.05, 0) is 118 Å². The average molecular weight is 743 g/mol. The van der Waals surface area contributed by atoms with Crippen LogP contribution in [0.15, 0.2) is 179 Å². The molecule has 4 heteroatoms. The summed E-state index contributed by atoms with van der Waals surface area (Å²) in [6.07, 6.45) is 9.06. The number of rotatable bonds is 8. The highest BCUT2D eigenvalue weighted by atomic mass is 32.2. The summed E-state index contributed by atoms with van der Waals surface area (Å²) in [6, 6.07) is 55.0. The molecule has 1 heterocycles. The molecule has 2 aliphatic rings. The lowest BCUT2D eigenvalue weighted by Crippen LogP contribution is -2.15. The summed E-state index contributed by atoms with van der Waals surface area (Å²) in [5.41, 5.74) is 23.7. The molecule has 0 saturated carbocycles. The van der Waals surface area contributed by atoms with E-state index in [0.29, 0.717) is 0 Å². The molecule has 2 N–H and O–H groups in total. The Kier molecular flexibility index (Phi) is 8.45. The first-order valence-corrected chi connectivity index (χ1v) is 20.4. The van der Waals surface area contributed by atoms with E-state index in [9.17, 15) is 0 Å². The number of nitrogens with zero attached hydrogens (tertiary/aromatic N) is 1. The van der Waals surface area contributed by atoms with Crippen LogP contribution in [-0.4, -0.2) is 0 Å². The Bertz CT molecular complexity index is 2830. The number of allylic oxidation sites excluding steroid dienone is 4. The first-order valence-electron chi connectivity index (χ1n) is 19.5. The topological polar surface area (TPSA) is 42.4 Å². The van der Waals surface area contributed by atoms with Gasteiger partial charge in [0.25, 0.3) is 0 Å². The summed E-state index contributed by atoms with van der Waals surface area (Å²) in [5, 5.41) is 2.18. The van der Waals surface area contributed by atoms with Crippen LogP contribution in [0.3, 0.4) is 0 Å². The molecule has 10 rings (SSSR count). The second-order valence-electron chi connectivity index (χ2n) is 15.4. The van der Waals surface area contributed by atoms with Crippen molar-refractivity contribution >= 4 is 62.0 Å². The predicted molar refractivity (Wildman–Crippen MR) is 238 cm³/mol. The van der Waals surface area contributed by atoms with Gasteiger partial charge in [-0.25, -0.2) is 0 Å². The zero-order valence-corrected chi connectivity index (χ0v) is 32.4. The van der Waals surface area contributed by atoms with Crippen LogP contribution in [0.4, 0.5) is 22.7 Å². The normalized spacial score (nSPS) is 14.1. The maximum atomic E-state index is 6.53. The summed E-state index contributed by atoms with van der Waals surface area (Å²) in [6.45, 7) is 4.67. The van der Waals surface area contributed by atoms with E-state index in [1.807, 2.05) is 12.1 Å². The van der Waals surface area contributed by atoms with Gasteiger partial charge in [0.2, 0.25) is 0 Å². The van der Waals surface area contributed by atoms with Gasteiger partial charge in [-0.15, -0.1) is 11.8 Å². The van der Waals surface area contributed by atoms with Crippen LogP contribution >= 0.6 is 11.8 Å². The van der Waals surface area contributed by atoms with Crippen molar-refractivity contribution in [3.63, 3.8) is 0 Å². The Morgan fingerprint density at radius 2 is 1.29 bits per heavy atom. The third kappa shape index (κ3) is 6.02. The van der Waals surface area contributed by atoms with E-state index < -0.39 is 0 Å². The lowest BCUT2D eigenvalue weighted by molar-refractivity contribution is 0.660. The number of nitrogen functional groups attached to an aromatic ring is 1. The zero-order chi connectivity index (χ0) is 37.8. The number of benzene rings is 7. The van der Waals surface area contributed by atoms with Crippen molar-refractivity contribution in [3.05, 3.63) is 192 Å². The van der Waals surface area contributed by atoms with E-state index in [-0.39, 0.29) is 5.41 Å². The lowest BCUT2D eigenvalue weighted by atomic mass is 9.82. The van der Waals surface area contributed by atoms with Gasteiger partial charge in [-0.3, -0.25) is 0 Å². The second kappa shape index (κ2) is 13.8. The summed E-state index contributed by atoms with van der Waals surface area (Å²) < 4.78 is 6.41. The number of thioether (sulfide) groups is 1. The van der Waals surface area contributed by atoms with E-state index in [0.717, 1.165) is 79.3 Å². The van der Waals surface area contributed by atoms with E-state index >= 15 is 0 Å². The summed E-state index contributed by atoms with van der Waals surface area (Å²) >= 11 is 1.76. The number of nitrogens with two attached hydrogens (primary N) is 1. The highest BCUT2D eigenvalue weighted by molar-refractivity contribution is 7.98. The number of fused-ring (bicyclic) bond motifs is 6. The molecule has 0 unspecified atom stereocenters. The number of hydrogen-bond acceptors (Lipinski definition) is 4. The van der Waals surface area contributed by atoms with Crippen molar-refractivity contribution in [3.8, 4) is 22.3 Å². The first kappa shape index (κ1) is 34.3. The van der Waals surface area contributed by atoms with Crippen molar-refractivity contribution in [2.75, 3.05) is 10.6 Å². The molecule has 0 fully saturated rings. The quantitative estimate of drug-likeness (QED) is 0.124. The fourth-order valence-corrected chi connectivity index (χ4v) is 9.53. The molecule has 2 aliphatic carbocycles. The largest absolute Gasteiger partial charge is 0.456 e. The van der Waals surface area contributed by atoms with Gasteiger partial charge in [0.1, 0.15) is 11.2 Å². The molecule has 0 radical (unpaired) electrons. The van der Waals surface area contributed by atoms with Crippen molar-refractivity contribution in [1.29, 1.82) is 0 Å². The Labute approximate surface area is 332 Å². The van der Waals surface area contributed by atoms with E-state index in [1.165, 1.54) is 39.0 Å². The van der Waals surface area contributed by atoms with Gasteiger partial charge >= 0.3 is 0 Å². The monoisotopic (exact) mass is 742 g/mol. The van der Waals surface area contributed by atoms with Crippen molar-refractivity contribution < 1.29 is 4.42 Å². The molecule has 0 atom stereocenters. The van der Waals surface area contributed by atoms with Crippen LogP contribution in [0.1, 0.15) is 48.9 Å². The number of hydrogen-bond donors (Lipinski definition) is 1. The van der Waals surface area contributed by atoms with E-state index in [1.54, 1.807) is 11.8 Å². The standard InChI is InChI=1S/C52H42N2OS/c1-52(2)46-16-10-9-15-42(46)44-30-41(26-28-47(44)52)54(39-22-17-36(18-23-39)35-13-7-4-8-14-35)40-24-19-37(20-25-40)38-21-27-43-45-31-51(56-33-34-11-5-3-6-12-34)48(53)32-50(45)55-49(43)29-38/h3,5-7,9-32H,4,8,33,53H2,1-2H3. The fourth-order valence-electron chi connectivity index (χ4n) is 8.59. The molecule has 0 bridgehead atoms. The van der Waals surface area contributed by atoms with Gasteiger partial charge in [0, 0.05) is 55.7 Å².